The van der Waals surface area contributed by atoms with E-state index < -0.39 is 29.7 Å². The van der Waals surface area contributed by atoms with E-state index >= 15 is 0 Å². The van der Waals surface area contributed by atoms with E-state index in [2.05, 4.69) is 43.8 Å². The van der Waals surface area contributed by atoms with Crippen molar-refractivity contribution in [3.8, 4) is 5.75 Å². The Balaban J connectivity index is 2.05. The monoisotopic (exact) mass is 569 g/mol. The lowest BCUT2D eigenvalue weighted by Gasteiger charge is -2.41. The summed E-state index contributed by atoms with van der Waals surface area (Å²) in [7, 11) is -4.63. The van der Waals surface area contributed by atoms with Crippen molar-refractivity contribution >= 4 is 18.3 Å². The van der Waals surface area contributed by atoms with Gasteiger partial charge in [-0.25, -0.2) is 8.42 Å². The minimum atomic E-state index is -3.87. The highest BCUT2D eigenvalue weighted by molar-refractivity contribution is 7.89. The summed E-state index contributed by atoms with van der Waals surface area (Å²) in [6, 6.07) is 15.5. The fraction of sp³-hybridized carbons (Fsp3) is 0.467. The highest BCUT2D eigenvalue weighted by atomic mass is 32.2. The van der Waals surface area contributed by atoms with Gasteiger partial charge in [-0.05, 0) is 62.2 Å². The lowest BCUT2D eigenvalue weighted by molar-refractivity contribution is 0.173. The van der Waals surface area contributed by atoms with E-state index in [0.29, 0.717) is 5.69 Å². The van der Waals surface area contributed by atoms with Crippen molar-refractivity contribution in [3.63, 3.8) is 0 Å². The maximum atomic E-state index is 14.4. The van der Waals surface area contributed by atoms with Gasteiger partial charge in [0.1, 0.15) is 17.1 Å². The first-order valence-electron chi connectivity index (χ1n) is 13.3. The van der Waals surface area contributed by atoms with Crippen molar-refractivity contribution in [1.29, 1.82) is 0 Å². The second kappa shape index (κ2) is 12.3. The predicted molar refractivity (Wildman–Crippen MR) is 160 cm³/mol. The zero-order valence-electron chi connectivity index (χ0n) is 24.7. The quantitative estimate of drug-likeness (QED) is 0.243. The number of methoxy groups -OCH3 is 1. The molecule has 0 amide bonds. The molecule has 3 aromatic rings. The average molecular weight is 570 g/mol. The van der Waals surface area contributed by atoms with Gasteiger partial charge in [0.05, 0.1) is 24.7 Å². The minimum Gasteiger partial charge on any atom is -0.497 e. The molecule has 1 aromatic heterocycles. The van der Waals surface area contributed by atoms with Crippen LogP contribution in [-0.2, 0) is 27.5 Å². The number of benzene rings is 2. The maximum Gasteiger partial charge on any atom is 0.220 e. The van der Waals surface area contributed by atoms with Crippen LogP contribution in [0.5, 0.6) is 5.75 Å². The Morgan fingerprint density at radius 3 is 1.90 bits per heavy atom. The van der Waals surface area contributed by atoms with Gasteiger partial charge in [0.25, 0.3) is 0 Å². The van der Waals surface area contributed by atoms with E-state index in [1.165, 1.54) is 0 Å². The Bertz CT molecular complexity index is 1320. The topological polar surface area (TPSA) is 81.6 Å². The predicted octanol–water partition coefficient (Wildman–Crippen LogP) is 6.59. The van der Waals surface area contributed by atoms with Gasteiger partial charge in [-0.2, -0.15) is 4.31 Å². The summed E-state index contributed by atoms with van der Waals surface area (Å²) in [5.41, 5.74) is 4.21. The molecule has 1 heterocycles. The molecule has 0 bridgehead atoms. The highest BCUT2D eigenvalue weighted by Gasteiger charge is 2.44. The first-order valence-corrected chi connectivity index (χ1v) is 17.7. The van der Waals surface area contributed by atoms with Gasteiger partial charge in [-0.3, -0.25) is 9.97 Å². The standard InChI is InChI=1S/C30H43N3O4SSi/c1-22-10-12-25(13-11-22)20-33(21-26-14-16-27(36-7)17-15-26)38(34,35)24(3)29(28-19-31-23(2)18-32-28)37-39(8,9)30(4,5)6/h10-19,24,29H,20-21H2,1-9H3/t24-,29+/m1/s1. The molecule has 2 atom stereocenters. The van der Waals surface area contributed by atoms with Crippen molar-refractivity contribution in [1.82, 2.24) is 14.3 Å². The molecule has 0 unspecified atom stereocenters. The minimum absolute atomic E-state index is 0.114. The second-order valence-electron chi connectivity index (χ2n) is 11.7. The van der Waals surface area contributed by atoms with Crippen molar-refractivity contribution in [2.24, 2.45) is 0 Å². The van der Waals surface area contributed by atoms with E-state index in [1.54, 1.807) is 30.7 Å². The molecule has 3 rings (SSSR count). The third kappa shape index (κ3) is 7.75. The number of hydrogen-bond donors (Lipinski definition) is 0. The summed E-state index contributed by atoms with van der Waals surface area (Å²) < 4.78 is 42.5. The summed E-state index contributed by atoms with van der Waals surface area (Å²) in [6.45, 7) is 16.7. The van der Waals surface area contributed by atoms with Gasteiger partial charge in [0.2, 0.25) is 10.0 Å². The largest absolute Gasteiger partial charge is 0.497 e. The molecule has 39 heavy (non-hydrogen) atoms. The third-order valence-corrected chi connectivity index (χ3v) is 14.2. The van der Waals surface area contributed by atoms with Crippen molar-refractivity contribution in [2.75, 3.05) is 7.11 Å². The molecule has 0 saturated carbocycles. The maximum absolute atomic E-state index is 14.4. The molecule has 0 aliphatic rings. The van der Waals surface area contributed by atoms with Crippen molar-refractivity contribution in [2.45, 2.75) is 84.1 Å². The number of rotatable bonds is 11. The normalized spacial score (nSPS) is 14.3. The molecular formula is C30H43N3O4SSi. The Morgan fingerprint density at radius 1 is 0.897 bits per heavy atom. The SMILES string of the molecule is COc1ccc(CN(Cc2ccc(C)cc2)S(=O)(=O)[C@H](C)[C@H](O[Si](C)(C)C(C)(C)C)c2cnc(C)cn2)cc1. The average Bonchev–Trinajstić information content (AvgIpc) is 2.88. The van der Waals surface area contributed by atoms with Crippen LogP contribution in [0.4, 0.5) is 0 Å². The van der Waals surface area contributed by atoms with Gasteiger partial charge >= 0.3 is 0 Å². The van der Waals surface area contributed by atoms with Crippen LogP contribution >= 0.6 is 0 Å². The molecule has 0 saturated heterocycles. The molecule has 0 radical (unpaired) electrons. The Morgan fingerprint density at radius 2 is 1.44 bits per heavy atom. The van der Waals surface area contributed by atoms with Crippen LogP contribution in [0.3, 0.4) is 0 Å². The second-order valence-corrected chi connectivity index (χ2v) is 18.8. The van der Waals surface area contributed by atoms with Crippen LogP contribution in [-0.4, -0.2) is 43.4 Å². The van der Waals surface area contributed by atoms with E-state index in [1.807, 2.05) is 62.4 Å². The first-order chi connectivity index (χ1) is 18.1. The van der Waals surface area contributed by atoms with E-state index in [4.69, 9.17) is 9.16 Å². The molecule has 0 N–H and O–H groups in total. The Labute approximate surface area is 235 Å². The summed E-state index contributed by atoms with van der Waals surface area (Å²) >= 11 is 0. The molecule has 0 spiro atoms. The molecule has 0 aliphatic heterocycles. The summed E-state index contributed by atoms with van der Waals surface area (Å²) in [5, 5.41) is -1.01. The van der Waals surface area contributed by atoms with Crippen molar-refractivity contribution in [3.05, 3.63) is 89.0 Å². The fourth-order valence-electron chi connectivity index (χ4n) is 3.90. The van der Waals surface area contributed by atoms with Crippen LogP contribution in [0, 0.1) is 13.8 Å². The van der Waals surface area contributed by atoms with Gasteiger partial charge in [0, 0.05) is 19.3 Å². The Kier molecular flexibility index (Phi) is 9.75. The number of nitrogens with zero attached hydrogens (tertiary/aromatic N) is 3. The van der Waals surface area contributed by atoms with Crippen LogP contribution < -0.4 is 4.74 Å². The van der Waals surface area contributed by atoms with Gasteiger partial charge in [0.15, 0.2) is 8.32 Å². The lowest BCUT2D eigenvalue weighted by Crippen LogP contribution is -2.47. The number of aromatic nitrogens is 2. The molecular weight excluding hydrogens is 527 g/mol. The molecule has 7 nitrogen and oxygen atoms in total. The zero-order valence-corrected chi connectivity index (χ0v) is 26.5. The first kappa shape index (κ1) is 30.9. The highest BCUT2D eigenvalue weighted by Crippen LogP contribution is 2.41. The smallest absolute Gasteiger partial charge is 0.220 e. The summed E-state index contributed by atoms with van der Waals surface area (Å²) in [4.78, 5) is 8.99. The number of sulfonamides is 1. The van der Waals surface area contributed by atoms with Gasteiger partial charge in [-0.1, -0.05) is 62.7 Å². The summed E-state index contributed by atoms with van der Waals surface area (Å²) in [6.07, 6.45) is 2.55. The third-order valence-electron chi connectivity index (χ3n) is 7.57. The van der Waals surface area contributed by atoms with Gasteiger partial charge < -0.3 is 9.16 Å². The van der Waals surface area contributed by atoms with Crippen LogP contribution in [0.15, 0.2) is 60.9 Å². The van der Waals surface area contributed by atoms with Crippen LogP contribution in [0.1, 0.15) is 61.9 Å². The zero-order chi connectivity index (χ0) is 29.0. The van der Waals surface area contributed by atoms with Crippen LogP contribution in [0.25, 0.3) is 0 Å². The number of ether oxygens (including phenoxy) is 1. The van der Waals surface area contributed by atoms with Crippen molar-refractivity contribution < 1.29 is 17.6 Å². The number of hydrogen-bond acceptors (Lipinski definition) is 6. The van der Waals surface area contributed by atoms with Gasteiger partial charge in [-0.15, -0.1) is 0 Å². The lowest BCUT2D eigenvalue weighted by atomic mass is 10.1. The van der Waals surface area contributed by atoms with E-state index in [-0.39, 0.29) is 18.1 Å². The molecule has 0 aliphatic carbocycles. The summed E-state index contributed by atoms with van der Waals surface area (Å²) in [5.74, 6) is 0.723. The molecule has 0 fully saturated rings. The molecule has 2 aromatic carbocycles. The van der Waals surface area contributed by atoms with Crippen LogP contribution in [0.2, 0.25) is 18.1 Å². The molecule has 9 heteroatoms. The molecule has 212 valence electrons. The van der Waals surface area contributed by atoms with E-state index in [0.717, 1.165) is 28.1 Å². The van der Waals surface area contributed by atoms with E-state index in [9.17, 15) is 8.42 Å². The fourth-order valence-corrected chi connectivity index (χ4v) is 6.95. The Hall–Kier alpha value is -2.59. The number of aryl methyl sites for hydroxylation is 2.